The molecule has 6 nitrogen and oxygen atoms in total. The lowest BCUT2D eigenvalue weighted by Crippen LogP contribution is -1.95. The Kier molecular flexibility index (Phi) is 17.0. The summed E-state index contributed by atoms with van der Waals surface area (Å²) < 4.78 is 2.36. The minimum absolute atomic E-state index is 0.651. The summed E-state index contributed by atoms with van der Waals surface area (Å²) in [6, 6.07) is 152. The summed E-state index contributed by atoms with van der Waals surface area (Å²) in [7, 11) is 0. The van der Waals surface area contributed by atoms with Crippen LogP contribution in [0.4, 0.5) is 0 Å². The lowest BCUT2D eigenvalue weighted by molar-refractivity contribution is 1.18. The van der Waals surface area contributed by atoms with E-state index in [1.165, 1.54) is 132 Å². The molecule has 23 aromatic rings. The van der Waals surface area contributed by atoms with Crippen LogP contribution < -0.4 is 0 Å². The molecular formula is C119H70N6. The Bertz CT molecular complexity index is 8320. The molecular weight excluding hydrogens is 1510 g/mol. The van der Waals surface area contributed by atoms with Crippen molar-refractivity contribution in [3.63, 3.8) is 0 Å². The molecule has 0 amide bonds. The van der Waals surface area contributed by atoms with Gasteiger partial charge >= 0.3 is 0 Å². The molecule has 4 aromatic heterocycles. The molecule has 6 heteroatoms. The van der Waals surface area contributed by atoms with Gasteiger partial charge in [-0.25, -0.2) is 9.97 Å². The summed E-state index contributed by atoms with van der Waals surface area (Å²) in [4.78, 5) is 15.3. The maximum absolute atomic E-state index is 9.64. The first-order chi connectivity index (χ1) is 61.9. The zero-order valence-electron chi connectivity index (χ0n) is 67.6. The average Bonchev–Trinajstić information content (AvgIpc) is 1.59. The van der Waals surface area contributed by atoms with Gasteiger partial charge in [-0.2, -0.15) is 10.5 Å². The zero-order chi connectivity index (χ0) is 82.7. The van der Waals surface area contributed by atoms with E-state index in [0.717, 1.165) is 117 Å². The first kappa shape index (κ1) is 72.0. The third-order valence-electron chi connectivity index (χ3n) is 25.8. The number of nitriles is 2. The van der Waals surface area contributed by atoms with Gasteiger partial charge in [-0.15, -0.1) is 0 Å². The highest BCUT2D eigenvalue weighted by molar-refractivity contribution is 6.26. The smallest absolute Gasteiger partial charge is 0.0991 e. The number of aromatic nitrogens is 4. The largest absolute Gasteiger partial charge is 0.309 e. The molecule has 0 atom stereocenters. The predicted octanol–water partition coefficient (Wildman–Crippen LogP) is 31.3. The van der Waals surface area contributed by atoms with E-state index >= 15 is 0 Å². The Morgan fingerprint density at radius 1 is 0.200 bits per heavy atom. The summed E-state index contributed by atoms with van der Waals surface area (Å²) in [5.74, 6) is 0. The second kappa shape index (κ2) is 29.4. The van der Waals surface area contributed by atoms with Gasteiger partial charge in [0, 0.05) is 56.5 Å². The Morgan fingerprint density at radius 3 is 1.05 bits per heavy atom. The normalized spacial score (nSPS) is 11.7. The molecule has 0 radical (unpaired) electrons. The second-order valence-electron chi connectivity index (χ2n) is 32.5. The monoisotopic (exact) mass is 1580 g/mol. The van der Waals surface area contributed by atoms with E-state index in [-0.39, 0.29) is 0 Å². The van der Waals surface area contributed by atoms with Crippen molar-refractivity contribution >= 4 is 86.4 Å². The van der Waals surface area contributed by atoms with Crippen LogP contribution >= 0.6 is 0 Å². The van der Waals surface area contributed by atoms with E-state index in [1.807, 2.05) is 36.7 Å². The summed E-state index contributed by atoms with van der Waals surface area (Å²) in [5.41, 5.74) is 36.5. The standard InChI is InChI=1S/C62H37N3.C57H33N3/c63-38-39-22-24-41(25-23-39)45-30-33-54-48-16-6-7-17-49(48)55-34-35-56(61(45)62(54)55)50-31-32-51(47-15-5-4-14-46(47)50)58-37-43(40-12-2-1-3-13-40)36-57(64-58)42-26-28-44(29-27-42)65-59-20-10-8-18-52(59)53-19-9-11-21-60(53)65;58-33-35-19-21-37(22-20-35)43-24-26-51-46-15-5-6-16-47(46)52-27-28-53(56(43)57(51)52)48-25-23-41(44-13-3-4-14-45(44)48)39-31-54(49-17-7-10-36-9-1-2-12-40(36)49)60-55(32-39)50-18-8-11-38-34-59-30-29-42(38)50/h1-37H;1-32,34H. The molecule has 2 aliphatic rings. The van der Waals surface area contributed by atoms with Crippen LogP contribution in [0.15, 0.2) is 425 Å². The van der Waals surface area contributed by atoms with Crippen LogP contribution in [0.5, 0.6) is 0 Å². The molecule has 0 spiro atoms. The quantitative estimate of drug-likeness (QED) is 0.129. The molecule has 0 bridgehead atoms. The Balaban J connectivity index is 0.000000141. The van der Waals surface area contributed by atoms with Gasteiger partial charge < -0.3 is 4.57 Å². The molecule has 25 rings (SSSR count). The molecule has 0 aliphatic heterocycles. The fourth-order valence-electron chi connectivity index (χ4n) is 20.1. The van der Waals surface area contributed by atoms with Crippen LogP contribution in [-0.2, 0) is 0 Å². The topological polar surface area (TPSA) is 91.2 Å². The maximum atomic E-state index is 9.64. The summed E-state index contributed by atoms with van der Waals surface area (Å²) >= 11 is 0. The van der Waals surface area contributed by atoms with Gasteiger partial charge in [0.1, 0.15) is 0 Å². The van der Waals surface area contributed by atoms with E-state index in [9.17, 15) is 10.5 Å². The van der Waals surface area contributed by atoms with Crippen molar-refractivity contribution in [2.75, 3.05) is 0 Å². The number of rotatable bonds is 11. The highest BCUT2D eigenvalue weighted by Gasteiger charge is 2.29. The van der Waals surface area contributed by atoms with Crippen molar-refractivity contribution in [3.8, 4) is 174 Å². The molecule has 0 fully saturated rings. The third-order valence-corrected chi connectivity index (χ3v) is 25.8. The number of nitrogens with zero attached hydrogens (tertiary/aromatic N) is 6. The van der Waals surface area contributed by atoms with Crippen LogP contribution in [0.3, 0.4) is 0 Å². The van der Waals surface area contributed by atoms with Crippen molar-refractivity contribution in [3.05, 3.63) is 436 Å². The van der Waals surface area contributed by atoms with E-state index in [0.29, 0.717) is 11.1 Å². The molecule has 0 saturated heterocycles. The Labute approximate surface area is 721 Å². The number of para-hydroxylation sites is 2. The minimum Gasteiger partial charge on any atom is -0.309 e. The van der Waals surface area contributed by atoms with Gasteiger partial charge in [-0.3, -0.25) is 4.98 Å². The van der Waals surface area contributed by atoms with Crippen LogP contribution in [0.2, 0.25) is 0 Å². The van der Waals surface area contributed by atoms with Crippen LogP contribution in [0, 0.1) is 22.7 Å². The fourth-order valence-corrected chi connectivity index (χ4v) is 20.1. The third kappa shape index (κ3) is 11.9. The summed E-state index contributed by atoms with van der Waals surface area (Å²) in [6.45, 7) is 0. The van der Waals surface area contributed by atoms with Gasteiger partial charge in [-0.05, 0) is 249 Å². The summed E-state index contributed by atoms with van der Waals surface area (Å²) in [5, 5.41) is 35.9. The lowest BCUT2D eigenvalue weighted by Gasteiger charge is -2.18. The van der Waals surface area contributed by atoms with Gasteiger partial charge in [0.05, 0.1) is 57.1 Å². The van der Waals surface area contributed by atoms with E-state index in [2.05, 4.69) is 410 Å². The van der Waals surface area contributed by atoms with E-state index < -0.39 is 0 Å². The molecule has 0 saturated carbocycles. The van der Waals surface area contributed by atoms with E-state index in [4.69, 9.17) is 9.97 Å². The molecule has 125 heavy (non-hydrogen) atoms. The van der Waals surface area contributed by atoms with Gasteiger partial charge in [-0.1, -0.05) is 334 Å². The zero-order valence-corrected chi connectivity index (χ0v) is 67.6. The lowest BCUT2D eigenvalue weighted by atomic mass is 9.85. The molecule has 0 N–H and O–H groups in total. The van der Waals surface area contributed by atoms with Gasteiger partial charge in [0.15, 0.2) is 0 Å². The van der Waals surface area contributed by atoms with Crippen molar-refractivity contribution < 1.29 is 0 Å². The predicted molar refractivity (Wildman–Crippen MR) is 518 cm³/mol. The Morgan fingerprint density at radius 2 is 0.536 bits per heavy atom. The molecule has 576 valence electrons. The molecule has 4 heterocycles. The van der Waals surface area contributed by atoms with Gasteiger partial charge in [0.25, 0.3) is 0 Å². The average molecular weight is 1580 g/mol. The maximum Gasteiger partial charge on any atom is 0.0991 e. The first-order valence-corrected chi connectivity index (χ1v) is 42.4. The molecule has 19 aromatic carbocycles. The van der Waals surface area contributed by atoms with Crippen molar-refractivity contribution in [2.24, 2.45) is 0 Å². The summed E-state index contributed by atoms with van der Waals surface area (Å²) in [6.07, 6.45) is 3.78. The van der Waals surface area contributed by atoms with Crippen LogP contribution in [0.25, 0.3) is 248 Å². The SMILES string of the molecule is N#Cc1ccc(-c2ccc3c4c(ccc(-c5ccc(-c6cc(-c7cccc8ccccc78)nc(-c7cccc8cnccc78)c6)c6ccccc56)c24)-c2ccccc2-3)cc1.N#Cc1ccc(-c2ccc3c4c(ccc(-c5ccc(-c6cc(-c7ccccc7)cc(-c7ccc(-n8c9ccccc9c9ccccc98)cc7)n6)c6ccccc56)c24)-c2ccccc2-3)cc1. The number of fused-ring (bicyclic) bond motifs is 13. The second-order valence-corrected chi connectivity index (χ2v) is 32.5. The first-order valence-electron chi connectivity index (χ1n) is 42.4. The molecule has 2 aliphatic carbocycles. The highest BCUT2D eigenvalue weighted by Crippen LogP contribution is 2.56. The highest BCUT2D eigenvalue weighted by atomic mass is 15.0. The van der Waals surface area contributed by atoms with Crippen molar-refractivity contribution in [1.29, 1.82) is 10.5 Å². The Hall–Kier alpha value is -17.0. The minimum atomic E-state index is 0.651. The number of pyridine rings is 3. The van der Waals surface area contributed by atoms with Crippen LogP contribution in [-0.4, -0.2) is 19.5 Å². The van der Waals surface area contributed by atoms with Gasteiger partial charge in [0.2, 0.25) is 0 Å². The number of benzene rings is 19. The number of hydrogen-bond acceptors (Lipinski definition) is 5. The fraction of sp³-hybridized carbons (Fsp3) is 0. The van der Waals surface area contributed by atoms with E-state index in [1.54, 1.807) is 0 Å². The number of hydrogen-bond donors (Lipinski definition) is 0. The molecule has 0 unspecified atom stereocenters. The van der Waals surface area contributed by atoms with Crippen molar-refractivity contribution in [2.45, 2.75) is 0 Å². The van der Waals surface area contributed by atoms with Crippen LogP contribution in [0.1, 0.15) is 11.1 Å². The van der Waals surface area contributed by atoms with Crippen molar-refractivity contribution in [1.82, 2.24) is 19.5 Å².